The van der Waals surface area contributed by atoms with Gasteiger partial charge in [-0.1, -0.05) is 6.08 Å². The lowest BCUT2D eigenvalue weighted by molar-refractivity contribution is 0.00896. The number of nitriles is 1. The van der Waals surface area contributed by atoms with E-state index in [4.69, 9.17) is 4.74 Å². The van der Waals surface area contributed by atoms with Crippen molar-refractivity contribution in [1.82, 2.24) is 25.1 Å². The van der Waals surface area contributed by atoms with Crippen molar-refractivity contribution < 1.29 is 9.53 Å². The first-order chi connectivity index (χ1) is 14.8. The average molecular weight is 421 g/mol. The first-order valence-electron chi connectivity index (χ1n) is 10.7. The van der Waals surface area contributed by atoms with E-state index in [0.717, 1.165) is 56.5 Å². The molecule has 8 nitrogen and oxygen atoms in total. The van der Waals surface area contributed by atoms with Gasteiger partial charge in [0.05, 0.1) is 11.3 Å². The summed E-state index contributed by atoms with van der Waals surface area (Å²) in [7, 11) is 0. The zero-order valence-electron chi connectivity index (χ0n) is 18.3. The number of hydrogen-bond donors (Lipinski definition) is 1. The lowest BCUT2D eigenvalue weighted by Gasteiger charge is -2.43. The van der Waals surface area contributed by atoms with Crippen molar-refractivity contribution in [3.05, 3.63) is 35.9 Å². The Labute approximate surface area is 182 Å². The first kappa shape index (κ1) is 21.0. The Balaban J connectivity index is 1.47. The van der Waals surface area contributed by atoms with Gasteiger partial charge in [-0.15, -0.1) is 0 Å². The summed E-state index contributed by atoms with van der Waals surface area (Å²) in [6.07, 6.45) is 10.2. The Morgan fingerprint density at radius 2 is 1.94 bits per heavy atom. The molecule has 31 heavy (non-hydrogen) atoms. The third-order valence-corrected chi connectivity index (χ3v) is 6.16. The highest BCUT2D eigenvalue weighted by Crippen LogP contribution is 2.46. The summed E-state index contributed by atoms with van der Waals surface area (Å²) in [6, 6.07) is 3.90. The third kappa shape index (κ3) is 4.46. The standard InChI is InChI=1S/C23H28N6O2/c1-22(2,3)31-21(30)29-13-9-23(10-14-29)7-5-16(6-8-23)19-18(17(15-24)27-28-19)20-25-11-4-12-26-20/h4-5,11-12H,6-10,13-14H2,1-3H3,(H,27,28). The maximum atomic E-state index is 12.4. The summed E-state index contributed by atoms with van der Waals surface area (Å²) in [5.41, 5.74) is 2.71. The van der Waals surface area contributed by atoms with Crippen LogP contribution >= 0.6 is 0 Å². The fraction of sp³-hybridized carbons (Fsp3) is 0.522. The number of allylic oxidation sites excluding steroid dienone is 2. The van der Waals surface area contributed by atoms with Gasteiger partial charge in [0, 0.05) is 25.5 Å². The molecule has 1 spiro atoms. The number of nitrogens with zero attached hydrogens (tertiary/aromatic N) is 5. The zero-order chi connectivity index (χ0) is 22.1. The number of amides is 1. The van der Waals surface area contributed by atoms with E-state index in [0.29, 0.717) is 17.1 Å². The number of aromatic nitrogens is 4. The van der Waals surface area contributed by atoms with Gasteiger partial charge in [0.1, 0.15) is 11.7 Å². The van der Waals surface area contributed by atoms with E-state index in [1.165, 1.54) is 0 Å². The van der Waals surface area contributed by atoms with Crippen molar-refractivity contribution >= 4 is 11.7 Å². The molecule has 1 amide bonds. The molecule has 2 aliphatic rings. The number of rotatable bonds is 2. The van der Waals surface area contributed by atoms with Gasteiger partial charge in [-0.3, -0.25) is 5.10 Å². The quantitative estimate of drug-likeness (QED) is 0.775. The molecule has 1 N–H and O–H groups in total. The van der Waals surface area contributed by atoms with E-state index in [1.807, 2.05) is 25.7 Å². The van der Waals surface area contributed by atoms with Gasteiger partial charge in [-0.2, -0.15) is 10.4 Å². The highest BCUT2D eigenvalue weighted by molar-refractivity contribution is 5.79. The fourth-order valence-corrected chi connectivity index (χ4v) is 4.42. The van der Waals surface area contributed by atoms with Crippen molar-refractivity contribution in [3.8, 4) is 17.5 Å². The van der Waals surface area contributed by atoms with Crippen LogP contribution in [0.15, 0.2) is 24.5 Å². The lowest BCUT2D eigenvalue weighted by atomic mass is 9.68. The predicted molar refractivity (Wildman–Crippen MR) is 116 cm³/mol. The number of nitrogens with one attached hydrogen (secondary N) is 1. The molecule has 0 aromatic carbocycles. The molecule has 4 rings (SSSR count). The van der Waals surface area contributed by atoms with Crippen LogP contribution in [0.5, 0.6) is 0 Å². The third-order valence-electron chi connectivity index (χ3n) is 6.16. The second kappa shape index (κ2) is 8.14. The number of piperidine rings is 1. The van der Waals surface area contributed by atoms with E-state index >= 15 is 0 Å². The van der Waals surface area contributed by atoms with Crippen molar-refractivity contribution in [2.45, 2.75) is 58.5 Å². The Hall–Kier alpha value is -3.21. The summed E-state index contributed by atoms with van der Waals surface area (Å²) >= 11 is 0. The second-order valence-electron chi connectivity index (χ2n) is 9.41. The SMILES string of the molecule is CC(C)(C)OC(=O)N1CCC2(CC=C(c3[nH]nc(C#N)c3-c3ncccn3)CC2)CC1. The van der Waals surface area contributed by atoms with Crippen LogP contribution in [-0.2, 0) is 4.74 Å². The highest BCUT2D eigenvalue weighted by Gasteiger charge is 2.38. The molecule has 2 aromatic rings. The van der Waals surface area contributed by atoms with Crippen LogP contribution in [0.25, 0.3) is 17.0 Å². The van der Waals surface area contributed by atoms with Gasteiger partial charge < -0.3 is 9.64 Å². The van der Waals surface area contributed by atoms with E-state index < -0.39 is 5.60 Å². The van der Waals surface area contributed by atoms with E-state index in [2.05, 4.69) is 32.3 Å². The number of hydrogen-bond acceptors (Lipinski definition) is 6. The molecular weight excluding hydrogens is 392 g/mol. The summed E-state index contributed by atoms with van der Waals surface area (Å²) in [4.78, 5) is 22.8. The molecule has 0 unspecified atom stereocenters. The molecule has 2 aromatic heterocycles. The van der Waals surface area contributed by atoms with Crippen molar-refractivity contribution in [3.63, 3.8) is 0 Å². The Bertz CT molecular complexity index is 1020. The Morgan fingerprint density at radius 3 is 2.52 bits per heavy atom. The summed E-state index contributed by atoms with van der Waals surface area (Å²) in [5, 5.41) is 16.7. The number of carbonyl (C=O) groups is 1. The number of H-pyrrole nitrogens is 1. The summed E-state index contributed by atoms with van der Waals surface area (Å²) in [5.74, 6) is 0.509. The zero-order valence-corrected chi connectivity index (χ0v) is 18.3. The van der Waals surface area contributed by atoms with Gasteiger partial charge >= 0.3 is 6.09 Å². The van der Waals surface area contributed by atoms with Crippen LogP contribution in [0.4, 0.5) is 4.79 Å². The minimum atomic E-state index is -0.471. The minimum absolute atomic E-state index is 0.212. The van der Waals surface area contributed by atoms with Gasteiger partial charge in [-0.05, 0) is 69.9 Å². The van der Waals surface area contributed by atoms with Crippen LogP contribution in [0.1, 0.15) is 64.3 Å². The molecule has 162 valence electrons. The van der Waals surface area contributed by atoms with Gasteiger partial charge in [0.25, 0.3) is 0 Å². The topological polar surface area (TPSA) is 108 Å². The van der Waals surface area contributed by atoms with Crippen LogP contribution in [-0.4, -0.2) is 49.8 Å². The number of carbonyl (C=O) groups excluding carboxylic acids is 1. The maximum Gasteiger partial charge on any atom is 0.410 e. The smallest absolute Gasteiger partial charge is 0.410 e. The van der Waals surface area contributed by atoms with E-state index in [-0.39, 0.29) is 11.5 Å². The molecule has 1 aliphatic heterocycles. The molecule has 1 aliphatic carbocycles. The number of ether oxygens (including phenoxy) is 1. The van der Waals surface area contributed by atoms with E-state index in [9.17, 15) is 10.1 Å². The van der Waals surface area contributed by atoms with Crippen molar-refractivity contribution in [1.29, 1.82) is 5.26 Å². The summed E-state index contributed by atoms with van der Waals surface area (Å²) in [6.45, 7) is 7.14. The van der Waals surface area contributed by atoms with Gasteiger partial charge in [-0.25, -0.2) is 14.8 Å². The largest absolute Gasteiger partial charge is 0.444 e. The fourth-order valence-electron chi connectivity index (χ4n) is 4.42. The van der Waals surface area contributed by atoms with Crippen molar-refractivity contribution in [2.24, 2.45) is 5.41 Å². The van der Waals surface area contributed by atoms with Crippen molar-refractivity contribution in [2.75, 3.05) is 13.1 Å². The van der Waals surface area contributed by atoms with Gasteiger partial charge in [0.2, 0.25) is 0 Å². The van der Waals surface area contributed by atoms with Crippen LogP contribution < -0.4 is 0 Å². The molecule has 1 fully saturated rings. The molecule has 0 bridgehead atoms. The first-order valence-corrected chi connectivity index (χ1v) is 10.7. The predicted octanol–water partition coefficient (Wildman–Crippen LogP) is 4.32. The highest BCUT2D eigenvalue weighted by atomic mass is 16.6. The van der Waals surface area contributed by atoms with Crippen LogP contribution in [0, 0.1) is 16.7 Å². The molecular formula is C23H28N6O2. The Morgan fingerprint density at radius 1 is 1.23 bits per heavy atom. The maximum absolute atomic E-state index is 12.4. The molecule has 8 heteroatoms. The Kier molecular flexibility index (Phi) is 5.52. The average Bonchev–Trinajstić information content (AvgIpc) is 3.18. The minimum Gasteiger partial charge on any atom is -0.444 e. The van der Waals surface area contributed by atoms with Crippen LogP contribution in [0.3, 0.4) is 0 Å². The molecule has 0 saturated carbocycles. The number of likely N-dealkylation sites (tertiary alicyclic amines) is 1. The number of aromatic amines is 1. The molecule has 1 saturated heterocycles. The lowest BCUT2D eigenvalue weighted by Crippen LogP contribution is -2.45. The second-order valence-corrected chi connectivity index (χ2v) is 9.41. The summed E-state index contributed by atoms with van der Waals surface area (Å²) < 4.78 is 5.52. The van der Waals surface area contributed by atoms with Gasteiger partial charge in [0.15, 0.2) is 11.5 Å². The normalized spacial score (nSPS) is 18.4. The molecule has 3 heterocycles. The molecule has 0 radical (unpaired) electrons. The van der Waals surface area contributed by atoms with E-state index in [1.54, 1.807) is 18.5 Å². The van der Waals surface area contributed by atoms with Crippen LogP contribution in [0.2, 0.25) is 0 Å². The monoisotopic (exact) mass is 420 g/mol. The molecule has 0 atom stereocenters.